The highest BCUT2D eigenvalue weighted by atomic mass is 19.2. The first-order chi connectivity index (χ1) is 9.04. The molecule has 0 saturated heterocycles. The molecule has 1 amide bonds. The molecule has 6 heteroatoms. The maximum absolute atomic E-state index is 13.0. The second kappa shape index (κ2) is 7.81. The van der Waals surface area contributed by atoms with Crippen LogP contribution in [0.4, 0.5) is 8.78 Å². The monoisotopic (exact) mass is 272 g/mol. The van der Waals surface area contributed by atoms with Gasteiger partial charge in [-0.25, -0.2) is 8.78 Å². The summed E-state index contributed by atoms with van der Waals surface area (Å²) in [6.07, 6.45) is 0. The number of nitrogens with one attached hydrogen (secondary N) is 1. The van der Waals surface area contributed by atoms with Crippen molar-refractivity contribution in [1.29, 1.82) is 0 Å². The molecule has 0 aliphatic rings. The summed E-state index contributed by atoms with van der Waals surface area (Å²) in [7, 11) is 3.19. The lowest BCUT2D eigenvalue weighted by molar-refractivity contribution is -0.129. The fraction of sp³-hybridized carbons (Fsp3) is 0.462. The third-order valence-electron chi connectivity index (χ3n) is 2.59. The van der Waals surface area contributed by atoms with Crippen molar-refractivity contribution in [2.45, 2.75) is 6.54 Å². The lowest BCUT2D eigenvalue weighted by Gasteiger charge is -2.17. The van der Waals surface area contributed by atoms with Gasteiger partial charge >= 0.3 is 0 Å². The van der Waals surface area contributed by atoms with Crippen LogP contribution in [0.2, 0.25) is 0 Å². The van der Waals surface area contributed by atoms with Gasteiger partial charge in [0, 0.05) is 27.2 Å². The van der Waals surface area contributed by atoms with E-state index in [4.69, 9.17) is 4.74 Å². The first kappa shape index (κ1) is 15.5. The highest BCUT2D eigenvalue weighted by Gasteiger charge is 2.10. The molecule has 19 heavy (non-hydrogen) atoms. The molecule has 1 aromatic carbocycles. The maximum Gasteiger partial charge on any atom is 0.236 e. The normalized spacial score (nSPS) is 10.5. The van der Waals surface area contributed by atoms with E-state index in [1.165, 1.54) is 11.0 Å². The molecular formula is C13H18F2N2O2. The molecule has 0 aliphatic carbocycles. The highest BCUT2D eigenvalue weighted by molar-refractivity contribution is 5.77. The summed E-state index contributed by atoms with van der Waals surface area (Å²) >= 11 is 0. The van der Waals surface area contributed by atoms with E-state index in [1.54, 1.807) is 14.2 Å². The number of likely N-dealkylation sites (N-methyl/N-ethyl adjacent to an activating group) is 1. The zero-order valence-electron chi connectivity index (χ0n) is 11.1. The Kier molecular flexibility index (Phi) is 6.38. The summed E-state index contributed by atoms with van der Waals surface area (Å²) in [4.78, 5) is 13.2. The summed E-state index contributed by atoms with van der Waals surface area (Å²) < 4.78 is 30.6. The van der Waals surface area contributed by atoms with Crippen LogP contribution >= 0.6 is 0 Å². The van der Waals surface area contributed by atoms with Crippen molar-refractivity contribution in [2.75, 3.05) is 33.9 Å². The average molecular weight is 272 g/mol. The molecule has 0 radical (unpaired) electrons. The second-order valence-electron chi connectivity index (χ2n) is 4.17. The molecule has 1 N–H and O–H groups in total. The van der Waals surface area contributed by atoms with Gasteiger partial charge in [0.2, 0.25) is 5.91 Å². The molecule has 0 spiro atoms. The Labute approximate surface area is 111 Å². The van der Waals surface area contributed by atoms with Crippen LogP contribution < -0.4 is 5.32 Å². The number of halogens is 2. The van der Waals surface area contributed by atoms with Crippen LogP contribution in [0.5, 0.6) is 0 Å². The van der Waals surface area contributed by atoms with E-state index in [9.17, 15) is 13.6 Å². The van der Waals surface area contributed by atoms with E-state index in [1.807, 2.05) is 0 Å². The van der Waals surface area contributed by atoms with Gasteiger partial charge in [0.15, 0.2) is 11.6 Å². The standard InChI is InChI=1S/C13H18F2N2O2/c1-17(13(18)8-16-5-6-19-2)9-10-3-4-11(14)12(15)7-10/h3-4,7,16H,5-6,8-9H2,1-2H3. The summed E-state index contributed by atoms with van der Waals surface area (Å²) in [6, 6.07) is 3.61. The Bertz CT molecular complexity index is 427. The zero-order chi connectivity index (χ0) is 14.3. The maximum atomic E-state index is 13.0. The van der Waals surface area contributed by atoms with Crippen molar-refractivity contribution < 1.29 is 18.3 Å². The van der Waals surface area contributed by atoms with Crippen molar-refractivity contribution in [2.24, 2.45) is 0 Å². The van der Waals surface area contributed by atoms with Gasteiger partial charge in [0.05, 0.1) is 13.2 Å². The van der Waals surface area contributed by atoms with E-state index >= 15 is 0 Å². The summed E-state index contributed by atoms with van der Waals surface area (Å²) in [5.41, 5.74) is 0.548. The number of rotatable bonds is 7. The predicted molar refractivity (Wildman–Crippen MR) is 67.6 cm³/mol. The quantitative estimate of drug-likeness (QED) is 0.757. The number of hydrogen-bond donors (Lipinski definition) is 1. The number of hydrogen-bond acceptors (Lipinski definition) is 3. The number of benzene rings is 1. The second-order valence-corrected chi connectivity index (χ2v) is 4.17. The van der Waals surface area contributed by atoms with Crippen LogP contribution in [0.25, 0.3) is 0 Å². The van der Waals surface area contributed by atoms with Gasteiger partial charge in [-0.3, -0.25) is 4.79 Å². The lowest BCUT2D eigenvalue weighted by atomic mass is 10.2. The van der Waals surface area contributed by atoms with Crippen LogP contribution in [0.15, 0.2) is 18.2 Å². The minimum Gasteiger partial charge on any atom is -0.383 e. The van der Waals surface area contributed by atoms with Gasteiger partial charge in [0.1, 0.15) is 0 Å². The summed E-state index contributed by atoms with van der Waals surface area (Å²) in [6.45, 7) is 1.53. The summed E-state index contributed by atoms with van der Waals surface area (Å²) in [5.74, 6) is -1.92. The van der Waals surface area contributed by atoms with Gasteiger partial charge < -0.3 is 15.0 Å². The van der Waals surface area contributed by atoms with Crippen molar-refractivity contribution in [3.8, 4) is 0 Å². The van der Waals surface area contributed by atoms with Crippen LogP contribution in [-0.4, -0.2) is 44.7 Å². The Hall–Kier alpha value is -1.53. The number of carbonyl (C=O) groups is 1. The first-order valence-electron chi connectivity index (χ1n) is 5.92. The van der Waals surface area contributed by atoms with Crippen LogP contribution in [0.3, 0.4) is 0 Å². The molecule has 0 aliphatic heterocycles. The molecule has 0 atom stereocenters. The third-order valence-corrected chi connectivity index (χ3v) is 2.59. The smallest absolute Gasteiger partial charge is 0.236 e. The van der Waals surface area contributed by atoms with Crippen molar-refractivity contribution >= 4 is 5.91 Å². The van der Waals surface area contributed by atoms with Crippen LogP contribution in [-0.2, 0) is 16.1 Å². The Morgan fingerprint density at radius 2 is 2.11 bits per heavy atom. The van der Waals surface area contributed by atoms with Gasteiger partial charge in [0.25, 0.3) is 0 Å². The molecule has 4 nitrogen and oxygen atoms in total. The van der Waals surface area contributed by atoms with E-state index in [0.29, 0.717) is 18.7 Å². The van der Waals surface area contributed by atoms with Crippen molar-refractivity contribution in [3.05, 3.63) is 35.4 Å². The number of carbonyl (C=O) groups excluding carboxylic acids is 1. The molecular weight excluding hydrogens is 254 g/mol. The highest BCUT2D eigenvalue weighted by Crippen LogP contribution is 2.10. The largest absolute Gasteiger partial charge is 0.383 e. The summed E-state index contributed by atoms with van der Waals surface area (Å²) in [5, 5.41) is 2.92. The van der Waals surface area contributed by atoms with E-state index in [2.05, 4.69) is 5.32 Å². The van der Waals surface area contributed by atoms with Crippen molar-refractivity contribution in [3.63, 3.8) is 0 Å². The topological polar surface area (TPSA) is 41.6 Å². The third kappa shape index (κ3) is 5.32. The Balaban J connectivity index is 2.42. The molecule has 0 aromatic heterocycles. The van der Waals surface area contributed by atoms with Crippen molar-refractivity contribution in [1.82, 2.24) is 10.2 Å². The first-order valence-corrected chi connectivity index (χ1v) is 5.92. The average Bonchev–Trinajstić information content (AvgIpc) is 2.38. The molecule has 0 bridgehead atoms. The SMILES string of the molecule is COCCNCC(=O)N(C)Cc1ccc(F)c(F)c1. The Morgan fingerprint density at radius 3 is 2.74 bits per heavy atom. The fourth-order valence-electron chi connectivity index (χ4n) is 1.50. The van der Waals surface area contributed by atoms with E-state index < -0.39 is 11.6 Å². The number of nitrogens with zero attached hydrogens (tertiary/aromatic N) is 1. The molecule has 0 heterocycles. The van der Waals surface area contributed by atoms with Gasteiger partial charge in [-0.1, -0.05) is 6.07 Å². The number of ether oxygens (including phenoxy) is 1. The van der Waals surface area contributed by atoms with E-state index in [-0.39, 0.29) is 19.0 Å². The van der Waals surface area contributed by atoms with E-state index in [0.717, 1.165) is 12.1 Å². The molecule has 1 aromatic rings. The Morgan fingerprint density at radius 1 is 1.37 bits per heavy atom. The zero-order valence-corrected chi connectivity index (χ0v) is 11.1. The number of amides is 1. The van der Waals surface area contributed by atoms with Gasteiger partial charge in [-0.15, -0.1) is 0 Å². The minimum absolute atomic E-state index is 0.124. The predicted octanol–water partition coefficient (Wildman–Crippen LogP) is 1.16. The molecule has 1 rings (SSSR count). The van der Waals surface area contributed by atoms with Gasteiger partial charge in [-0.2, -0.15) is 0 Å². The van der Waals surface area contributed by atoms with Gasteiger partial charge in [-0.05, 0) is 17.7 Å². The molecule has 0 saturated carbocycles. The minimum atomic E-state index is -0.906. The lowest BCUT2D eigenvalue weighted by Crippen LogP contribution is -2.36. The number of methoxy groups -OCH3 is 1. The van der Waals surface area contributed by atoms with Crippen LogP contribution in [0, 0.1) is 11.6 Å². The fourth-order valence-corrected chi connectivity index (χ4v) is 1.50. The molecule has 106 valence electrons. The van der Waals surface area contributed by atoms with Crippen LogP contribution in [0.1, 0.15) is 5.56 Å². The molecule has 0 unspecified atom stereocenters. The molecule has 0 fully saturated rings.